The summed E-state index contributed by atoms with van der Waals surface area (Å²) in [5.74, 6) is 2.20. The number of nitrogens with one attached hydrogen (secondary N) is 1. The third-order valence-electron chi connectivity index (χ3n) is 9.90. The summed E-state index contributed by atoms with van der Waals surface area (Å²) in [6.45, 7) is 2.48. The van der Waals surface area contributed by atoms with E-state index in [0.29, 0.717) is 17.2 Å². The van der Waals surface area contributed by atoms with Crippen molar-refractivity contribution in [1.29, 1.82) is 0 Å². The summed E-state index contributed by atoms with van der Waals surface area (Å²) >= 11 is 0. The van der Waals surface area contributed by atoms with Gasteiger partial charge in [-0.05, 0) is 86.9 Å². The number of aromatic hydroxyl groups is 1. The van der Waals surface area contributed by atoms with Crippen molar-refractivity contribution in [3.63, 3.8) is 0 Å². The Morgan fingerprint density at radius 2 is 2.08 bits per heavy atom. The van der Waals surface area contributed by atoms with Crippen LogP contribution < -0.4 is 5.32 Å². The van der Waals surface area contributed by atoms with Gasteiger partial charge in [-0.3, -0.25) is 4.90 Å². The van der Waals surface area contributed by atoms with Gasteiger partial charge in [0.1, 0.15) is 5.75 Å². The number of nitrogens with zero attached hydrogens (tertiary/aromatic N) is 1. The van der Waals surface area contributed by atoms with Gasteiger partial charge in [-0.15, -0.1) is 0 Å². The Morgan fingerprint density at radius 3 is 2.92 bits per heavy atom. The van der Waals surface area contributed by atoms with Crippen molar-refractivity contribution in [2.45, 2.75) is 74.9 Å². The first-order valence-corrected chi connectivity index (χ1v) is 11.1. The van der Waals surface area contributed by atoms with Crippen molar-refractivity contribution >= 4 is 0 Å². The maximum atomic E-state index is 11.1. The first kappa shape index (κ1) is 14.9. The molecule has 3 nitrogen and oxygen atoms in total. The highest BCUT2D eigenvalue weighted by atomic mass is 16.3. The van der Waals surface area contributed by atoms with E-state index in [9.17, 15) is 5.11 Å². The summed E-state index contributed by atoms with van der Waals surface area (Å²) in [5.41, 5.74) is 3.54. The van der Waals surface area contributed by atoms with Gasteiger partial charge >= 0.3 is 0 Å². The Hall–Kier alpha value is -1.06. The molecule has 6 aliphatic rings. The monoisotopic (exact) mass is 350 g/mol. The lowest BCUT2D eigenvalue weighted by atomic mass is 9.43. The minimum absolute atomic E-state index is 0.244. The van der Waals surface area contributed by atoms with Crippen LogP contribution in [0.5, 0.6) is 5.75 Å². The van der Waals surface area contributed by atoms with Crippen LogP contribution in [0.3, 0.4) is 0 Å². The van der Waals surface area contributed by atoms with Crippen LogP contribution >= 0.6 is 0 Å². The molecule has 3 saturated carbocycles. The molecule has 2 heterocycles. The molecule has 138 valence electrons. The summed E-state index contributed by atoms with van der Waals surface area (Å²) < 4.78 is 0. The predicted molar refractivity (Wildman–Crippen MR) is 101 cm³/mol. The zero-order valence-corrected chi connectivity index (χ0v) is 15.6. The second kappa shape index (κ2) is 4.67. The number of benzene rings is 1. The van der Waals surface area contributed by atoms with Crippen molar-refractivity contribution in [1.82, 2.24) is 10.2 Å². The standard InChI is InChI=1S/C23H30N2O/c26-18-6-1-3-14-11-19-22-8-7-17-20(15(12-22)13-24-17)23(22,21(14)18)9-10-25(19)16-4-2-5-16/h1,3,6,15-17,19-20,24,26H,2,4-5,7-13H2/t15-,17?,19?,20?,22?,23?/m1/s1. The zero-order valence-electron chi connectivity index (χ0n) is 15.6. The van der Waals surface area contributed by atoms with E-state index >= 15 is 0 Å². The van der Waals surface area contributed by atoms with Crippen molar-refractivity contribution in [3.8, 4) is 5.75 Å². The van der Waals surface area contributed by atoms with Gasteiger partial charge in [-0.2, -0.15) is 0 Å². The molecule has 3 heteroatoms. The number of phenolic OH excluding ortho intramolecular Hbond substituents is 1. The quantitative estimate of drug-likeness (QED) is 0.816. The van der Waals surface area contributed by atoms with E-state index in [1.54, 1.807) is 0 Å². The van der Waals surface area contributed by atoms with E-state index < -0.39 is 0 Å². The number of likely N-dealkylation sites (tertiary alicyclic amines) is 1. The second-order valence-electron chi connectivity index (χ2n) is 10.3. The average molecular weight is 351 g/mol. The Labute approximate surface area is 156 Å². The molecule has 0 spiro atoms. The molecule has 2 N–H and O–H groups in total. The maximum absolute atomic E-state index is 11.1. The maximum Gasteiger partial charge on any atom is 0.119 e. The van der Waals surface area contributed by atoms with Gasteiger partial charge in [0.25, 0.3) is 0 Å². The molecule has 4 bridgehead atoms. The highest BCUT2D eigenvalue weighted by molar-refractivity contribution is 5.54. The summed E-state index contributed by atoms with van der Waals surface area (Å²) in [4.78, 5) is 2.96. The number of fused-ring (bicyclic) bond motifs is 1. The summed E-state index contributed by atoms with van der Waals surface area (Å²) in [6, 6.07) is 8.67. The normalized spacial score (nSPS) is 48.8. The average Bonchev–Trinajstić information content (AvgIpc) is 3.05. The second-order valence-corrected chi connectivity index (χ2v) is 10.3. The fourth-order valence-electron chi connectivity index (χ4n) is 9.11. The lowest BCUT2D eigenvalue weighted by Gasteiger charge is -2.67. The molecule has 0 aromatic heterocycles. The molecule has 1 aromatic carbocycles. The van der Waals surface area contributed by atoms with Gasteiger partial charge in [0.05, 0.1) is 0 Å². The van der Waals surface area contributed by atoms with Crippen LogP contribution in [0, 0.1) is 17.3 Å². The highest BCUT2D eigenvalue weighted by Crippen LogP contribution is 2.75. The molecule has 1 aromatic rings. The molecule has 7 rings (SSSR count). The molecule has 6 atom stereocenters. The minimum Gasteiger partial charge on any atom is -0.508 e. The Bertz CT molecular complexity index is 788. The first-order chi connectivity index (χ1) is 12.7. The molecule has 0 radical (unpaired) electrons. The Balaban J connectivity index is 1.49. The predicted octanol–water partition coefficient (Wildman–Crippen LogP) is 3.20. The fraction of sp³-hybridized carbons (Fsp3) is 0.739. The summed E-state index contributed by atoms with van der Waals surface area (Å²) in [5, 5.41) is 14.9. The lowest BCUT2D eigenvalue weighted by molar-refractivity contribution is -0.117. The van der Waals surface area contributed by atoms with Gasteiger partial charge in [0.15, 0.2) is 0 Å². The summed E-state index contributed by atoms with van der Waals surface area (Å²) in [6.07, 6.45) is 10.9. The van der Waals surface area contributed by atoms with Crippen molar-refractivity contribution in [2.24, 2.45) is 17.3 Å². The largest absolute Gasteiger partial charge is 0.508 e. The van der Waals surface area contributed by atoms with Crippen molar-refractivity contribution in [2.75, 3.05) is 13.1 Å². The minimum atomic E-state index is 0.244. The van der Waals surface area contributed by atoms with Crippen molar-refractivity contribution < 1.29 is 5.11 Å². The van der Waals surface area contributed by atoms with Gasteiger partial charge < -0.3 is 10.4 Å². The van der Waals surface area contributed by atoms with E-state index in [1.807, 2.05) is 6.07 Å². The molecule has 2 saturated heterocycles. The molecule has 5 unspecified atom stereocenters. The number of phenols is 1. The number of hydrogen-bond acceptors (Lipinski definition) is 3. The van der Waals surface area contributed by atoms with Crippen LogP contribution in [-0.4, -0.2) is 41.2 Å². The van der Waals surface area contributed by atoms with Gasteiger partial charge in [-0.25, -0.2) is 0 Å². The highest BCUT2D eigenvalue weighted by Gasteiger charge is 2.75. The van der Waals surface area contributed by atoms with Gasteiger partial charge in [0.2, 0.25) is 0 Å². The van der Waals surface area contributed by atoms with Gasteiger partial charge in [0, 0.05) is 29.1 Å². The molecule has 4 aliphatic carbocycles. The van der Waals surface area contributed by atoms with Crippen LogP contribution in [0.4, 0.5) is 0 Å². The lowest BCUT2D eigenvalue weighted by Crippen LogP contribution is -2.71. The number of piperidine rings is 1. The SMILES string of the molecule is Oc1cccc2c1C13CCN(C4CCC4)C(C2)C12CCC1NC[C@@H](C2)C13. The Morgan fingerprint density at radius 1 is 1.15 bits per heavy atom. The van der Waals surface area contributed by atoms with E-state index in [1.165, 1.54) is 75.6 Å². The molecule has 26 heavy (non-hydrogen) atoms. The Kier molecular flexibility index (Phi) is 2.68. The third-order valence-corrected chi connectivity index (χ3v) is 9.90. The first-order valence-electron chi connectivity index (χ1n) is 11.1. The van der Waals surface area contributed by atoms with Crippen LogP contribution in [-0.2, 0) is 11.8 Å². The zero-order chi connectivity index (χ0) is 17.1. The third kappa shape index (κ3) is 1.43. The molecule has 2 aliphatic heterocycles. The molecule has 5 fully saturated rings. The van der Waals surface area contributed by atoms with Crippen LogP contribution in [0.15, 0.2) is 18.2 Å². The molecule has 0 amide bonds. The number of rotatable bonds is 1. The van der Waals surface area contributed by atoms with Gasteiger partial charge in [-0.1, -0.05) is 18.6 Å². The van der Waals surface area contributed by atoms with Crippen LogP contribution in [0.25, 0.3) is 0 Å². The molecular formula is C23H30N2O. The van der Waals surface area contributed by atoms with E-state index in [0.717, 1.165) is 23.9 Å². The topological polar surface area (TPSA) is 35.5 Å². The van der Waals surface area contributed by atoms with E-state index in [2.05, 4.69) is 22.3 Å². The van der Waals surface area contributed by atoms with E-state index in [4.69, 9.17) is 0 Å². The van der Waals surface area contributed by atoms with Crippen LogP contribution in [0.1, 0.15) is 56.1 Å². The summed E-state index contributed by atoms with van der Waals surface area (Å²) in [7, 11) is 0. The van der Waals surface area contributed by atoms with Crippen molar-refractivity contribution in [3.05, 3.63) is 29.3 Å². The fourth-order valence-corrected chi connectivity index (χ4v) is 9.11. The smallest absolute Gasteiger partial charge is 0.119 e. The van der Waals surface area contributed by atoms with E-state index in [-0.39, 0.29) is 5.41 Å². The molecular weight excluding hydrogens is 320 g/mol. The van der Waals surface area contributed by atoms with Crippen LogP contribution in [0.2, 0.25) is 0 Å². The number of hydrogen-bond donors (Lipinski definition) is 2.